The van der Waals surface area contributed by atoms with Crippen LogP contribution in [0.4, 0.5) is 5.69 Å². The van der Waals surface area contributed by atoms with Gasteiger partial charge in [-0.1, -0.05) is 6.07 Å². The SMILES string of the molecule is Cc1ccc(OCCC(=O)Nc2ccc(C(=O)N3CCCC3)cc2)cc1C. The van der Waals surface area contributed by atoms with Gasteiger partial charge in [-0.15, -0.1) is 0 Å². The van der Waals surface area contributed by atoms with Crippen LogP contribution in [0.5, 0.6) is 5.75 Å². The van der Waals surface area contributed by atoms with Gasteiger partial charge in [-0.3, -0.25) is 9.59 Å². The fourth-order valence-electron chi connectivity index (χ4n) is 3.09. The molecule has 0 unspecified atom stereocenters. The van der Waals surface area contributed by atoms with E-state index in [0.717, 1.165) is 31.7 Å². The van der Waals surface area contributed by atoms with Crippen molar-refractivity contribution in [2.45, 2.75) is 33.1 Å². The van der Waals surface area contributed by atoms with Gasteiger partial charge in [0.05, 0.1) is 13.0 Å². The molecule has 0 aliphatic carbocycles. The van der Waals surface area contributed by atoms with Crippen LogP contribution in [0, 0.1) is 13.8 Å². The third kappa shape index (κ3) is 5.09. The Morgan fingerprint density at radius 2 is 1.70 bits per heavy atom. The molecule has 5 heteroatoms. The van der Waals surface area contributed by atoms with Gasteiger partial charge < -0.3 is 15.0 Å². The van der Waals surface area contributed by atoms with Gasteiger partial charge in [0, 0.05) is 24.3 Å². The summed E-state index contributed by atoms with van der Waals surface area (Å²) in [4.78, 5) is 26.3. The summed E-state index contributed by atoms with van der Waals surface area (Å²) < 4.78 is 5.65. The van der Waals surface area contributed by atoms with Crippen molar-refractivity contribution in [1.82, 2.24) is 4.90 Å². The smallest absolute Gasteiger partial charge is 0.253 e. The lowest BCUT2D eigenvalue weighted by molar-refractivity contribution is -0.116. The summed E-state index contributed by atoms with van der Waals surface area (Å²) in [5.74, 6) is 0.722. The van der Waals surface area contributed by atoms with Crippen molar-refractivity contribution in [1.29, 1.82) is 0 Å². The number of benzene rings is 2. The van der Waals surface area contributed by atoms with Gasteiger partial charge in [-0.25, -0.2) is 0 Å². The molecule has 27 heavy (non-hydrogen) atoms. The van der Waals surface area contributed by atoms with E-state index in [2.05, 4.69) is 12.2 Å². The third-order valence-corrected chi connectivity index (χ3v) is 4.89. The molecule has 3 rings (SSSR count). The fourth-order valence-corrected chi connectivity index (χ4v) is 3.09. The molecular formula is C22H26N2O3. The number of hydrogen-bond donors (Lipinski definition) is 1. The van der Waals surface area contributed by atoms with Crippen LogP contribution in [0.1, 0.15) is 40.7 Å². The second-order valence-electron chi connectivity index (χ2n) is 6.97. The van der Waals surface area contributed by atoms with E-state index in [0.29, 0.717) is 17.9 Å². The van der Waals surface area contributed by atoms with Gasteiger partial charge in [-0.2, -0.15) is 0 Å². The molecule has 1 N–H and O–H groups in total. The highest BCUT2D eigenvalue weighted by molar-refractivity contribution is 5.96. The average Bonchev–Trinajstić information content (AvgIpc) is 3.19. The van der Waals surface area contributed by atoms with Crippen molar-refractivity contribution in [2.75, 3.05) is 25.0 Å². The maximum Gasteiger partial charge on any atom is 0.253 e. The molecule has 1 aliphatic rings. The van der Waals surface area contributed by atoms with Gasteiger partial charge in [0.25, 0.3) is 5.91 Å². The Hall–Kier alpha value is -2.82. The predicted molar refractivity (Wildman–Crippen MR) is 106 cm³/mol. The number of nitrogens with zero attached hydrogens (tertiary/aromatic N) is 1. The van der Waals surface area contributed by atoms with Crippen LogP contribution in [0.15, 0.2) is 42.5 Å². The standard InChI is InChI=1S/C22H26N2O3/c1-16-5-10-20(15-17(16)2)27-14-11-21(25)23-19-8-6-18(7-9-19)22(26)24-12-3-4-13-24/h5-10,15H,3-4,11-14H2,1-2H3,(H,23,25). The Morgan fingerprint density at radius 3 is 2.37 bits per heavy atom. The minimum absolute atomic E-state index is 0.0622. The normalized spacial score (nSPS) is 13.5. The fraction of sp³-hybridized carbons (Fsp3) is 0.364. The van der Waals surface area contributed by atoms with Crippen molar-refractivity contribution < 1.29 is 14.3 Å². The first-order valence-corrected chi connectivity index (χ1v) is 9.42. The summed E-state index contributed by atoms with van der Waals surface area (Å²) in [6, 6.07) is 13.0. The van der Waals surface area contributed by atoms with Crippen molar-refractivity contribution in [3.05, 3.63) is 59.2 Å². The number of hydrogen-bond acceptors (Lipinski definition) is 3. The number of likely N-dealkylation sites (tertiary alicyclic amines) is 1. The molecule has 1 heterocycles. The summed E-state index contributed by atoms with van der Waals surface area (Å²) in [6.45, 7) is 6.07. The van der Waals surface area contributed by atoms with Crippen LogP contribution in [0.3, 0.4) is 0 Å². The molecule has 0 radical (unpaired) electrons. The quantitative estimate of drug-likeness (QED) is 0.842. The number of anilines is 1. The van der Waals surface area contributed by atoms with Crippen LogP contribution in [0.25, 0.3) is 0 Å². The number of amides is 2. The third-order valence-electron chi connectivity index (χ3n) is 4.89. The number of rotatable bonds is 6. The van der Waals surface area contributed by atoms with Crippen molar-refractivity contribution in [3.8, 4) is 5.75 Å². The molecule has 0 saturated carbocycles. The lowest BCUT2D eigenvalue weighted by Gasteiger charge is -2.15. The second-order valence-corrected chi connectivity index (χ2v) is 6.97. The van der Waals surface area contributed by atoms with E-state index >= 15 is 0 Å². The lowest BCUT2D eigenvalue weighted by atomic mass is 10.1. The molecule has 0 atom stereocenters. The van der Waals surface area contributed by atoms with Gasteiger partial charge in [0.1, 0.15) is 5.75 Å². The molecular weight excluding hydrogens is 340 g/mol. The first kappa shape index (κ1) is 19.0. The van der Waals surface area contributed by atoms with E-state index in [1.54, 1.807) is 24.3 Å². The van der Waals surface area contributed by atoms with Crippen LogP contribution in [0.2, 0.25) is 0 Å². The molecule has 1 aliphatic heterocycles. The van der Waals surface area contributed by atoms with E-state index in [1.165, 1.54) is 11.1 Å². The zero-order valence-electron chi connectivity index (χ0n) is 16.0. The zero-order chi connectivity index (χ0) is 19.2. The van der Waals surface area contributed by atoms with Crippen LogP contribution in [-0.4, -0.2) is 36.4 Å². The molecule has 2 aromatic rings. The summed E-state index contributed by atoms with van der Waals surface area (Å²) in [6.07, 6.45) is 2.41. The van der Waals surface area contributed by atoms with Crippen molar-refractivity contribution >= 4 is 17.5 Å². The summed E-state index contributed by atoms with van der Waals surface area (Å²) in [5.41, 5.74) is 3.73. The van der Waals surface area contributed by atoms with Crippen molar-refractivity contribution in [3.63, 3.8) is 0 Å². The molecule has 0 spiro atoms. The first-order valence-electron chi connectivity index (χ1n) is 9.42. The van der Waals surface area contributed by atoms with E-state index in [1.807, 2.05) is 30.0 Å². The van der Waals surface area contributed by atoms with Gasteiger partial charge in [-0.05, 0) is 74.2 Å². The largest absolute Gasteiger partial charge is 0.493 e. The molecule has 2 aromatic carbocycles. The summed E-state index contributed by atoms with van der Waals surface area (Å²) >= 11 is 0. The number of carbonyl (C=O) groups excluding carboxylic acids is 2. The van der Waals surface area contributed by atoms with Crippen LogP contribution < -0.4 is 10.1 Å². The van der Waals surface area contributed by atoms with Crippen LogP contribution in [-0.2, 0) is 4.79 Å². The predicted octanol–water partition coefficient (Wildman–Crippen LogP) is 3.95. The molecule has 0 aromatic heterocycles. The molecule has 1 saturated heterocycles. The minimum Gasteiger partial charge on any atom is -0.493 e. The first-order chi connectivity index (χ1) is 13.0. The van der Waals surface area contributed by atoms with Crippen molar-refractivity contribution in [2.24, 2.45) is 0 Å². The zero-order valence-corrected chi connectivity index (χ0v) is 16.0. The Morgan fingerprint density at radius 1 is 1.00 bits per heavy atom. The highest BCUT2D eigenvalue weighted by Crippen LogP contribution is 2.17. The maximum atomic E-state index is 12.3. The molecule has 1 fully saturated rings. The van der Waals surface area contributed by atoms with E-state index in [-0.39, 0.29) is 18.2 Å². The minimum atomic E-state index is -0.113. The second kappa shape index (κ2) is 8.71. The Kier molecular flexibility index (Phi) is 6.12. The van der Waals surface area contributed by atoms with Crippen LogP contribution >= 0.6 is 0 Å². The average molecular weight is 366 g/mol. The number of nitrogens with one attached hydrogen (secondary N) is 1. The lowest BCUT2D eigenvalue weighted by Crippen LogP contribution is -2.27. The highest BCUT2D eigenvalue weighted by atomic mass is 16.5. The van der Waals surface area contributed by atoms with E-state index < -0.39 is 0 Å². The topological polar surface area (TPSA) is 58.6 Å². The highest BCUT2D eigenvalue weighted by Gasteiger charge is 2.19. The molecule has 0 bridgehead atoms. The Labute approximate surface area is 160 Å². The number of carbonyl (C=O) groups is 2. The maximum absolute atomic E-state index is 12.3. The van der Waals surface area contributed by atoms with Gasteiger partial charge in [0.2, 0.25) is 5.91 Å². The monoisotopic (exact) mass is 366 g/mol. The summed E-state index contributed by atoms with van der Waals surface area (Å²) in [7, 11) is 0. The Bertz CT molecular complexity index is 809. The number of aryl methyl sites for hydroxylation is 2. The molecule has 5 nitrogen and oxygen atoms in total. The Balaban J connectivity index is 1.46. The summed E-state index contributed by atoms with van der Waals surface area (Å²) in [5, 5.41) is 2.84. The molecule has 142 valence electrons. The van der Waals surface area contributed by atoms with E-state index in [4.69, 9.17) is 4.74 Å². The van der Waals surface area contributed by atoms with Gasteiger partial charge >= 0.3 is 0 Å². The van der Waals surface area contributed by atoms with Gasteiger partial charge in [0.15, 0.2) is 0 Å². The number of ether oxygens (including phenoxy) is 1. The molecule has 2 amide bonds. The van der Waals surface area contributed by atoms with E-state index in [9.17, 15) is 9.59 Å².